The van der Waals surface area contributed by atoms with Crippen molar-refractivity contribution in [1.29, 1.82) is 0 Å². The van der Waals surface area contributed by atoms with E-state index < -0.39 is 5.41 Å². The standard InChI is InChI=1S/C14H18O2S/c1-14(2,3)13(16)11-7-5-6-10(8-11)12(15)9-17-4/h5-8H,9H2,1-4H3. The first kappa shape index (κ1) is 14.0. The van der Waals surface area contributed by atoms with Crippen LogP contribution in [0.2, 0.25) is 0 Å². The van der Waals surface area contributed by atoms with Gasteiger partial charge < -0.3 is 0 Å². The monoisotopic (exact) mass is 250 g/mol. The molecular formula is C14H18O2S. The zero-order chi connectivity index (χ0) is 13.1. The molecule has 0 radical (unpaired) electrons. The van der Waals surface area contributed by atoms with Crippen LogP contribution in [0.25, 0.3) is 0 Å². The lowest BCUT2D eigenvalue weighted by molar-refractivity contribution is 0.0858. The molecule has 0 N–H and O–H groups in total. The molecule has 92 valence electrons. The number of carbonyl (C=O) groups is 2. The van der Waals surface area contributed by atoms with Gasteiger partial charge in [0.15, 0.2) is 11.6 Å². The maximum atomic E-state index is 12.1. The van der Waals surface area contributed by atoms with Crippen molar-refractivity contribution in [3.8, 4) is 0 Å². The van der Waals surface area contributed by atoms with Gasteiger partial charge in [-0.2, -0.15) is 11.8 Å². The Kier molecular flexibility index (Phi) is 4.52. The molecule has 1 rings (SSSR count). The Morgan fingerprint density at radius 1 is 1.18 bits per heavy atom. The van der Waals surface area contributed by atoms with Gasteiger partial charge in [0.2, 0.25) is 0 Å². The van der Waals surface area contributed by atoms with Crippen LogP contribution in [-0.2, 0) is 0 Å². The van der Waals surface area contributed by atoms with Crippen LogP contribution in [0.15, 0.2) is 24.3 Å². The number of hydrogen-bond donors (Lipinski definition) is 0. The summed E-state index contributed by atoms with van der Waals surface area (Å²) >= 11 is 1.49. The minimum atomic E-state index is -0.415. The van der Waals surface area contributed by atoms with Gasteiger partial charge in [-0.25, -0.2) is 0 Å². The predicted molar refractivity (Wildman–Crippen MR) is 72.9 cm³/mol. The van der Waals surface area contributed by atoms with E-state index in [1.165, 1.54) is 11.8 Å². The Labute approximate surface area is 107 Å². The number of hydrogen-bond acceptors (Lipinski definition) is 3. The fourth-order valence-corrected chi connectivity index (χ4v) is 1.91. The minimum Gasteiger partial charge on any atom is -0.294 e. The summed E-state index contributed by atoms with van der Waals surface area (Å²) in [5.74, 6) is 0.588. The normalized spacial score (nSPS) is 11.3. The first-order chi connectivity index (χ1) is 7.86. The quantitative estimate of drug-likeness (QED) is 0.767. The number of benzene rings is 1. The van der Waals surface area contributed by atoms with Gasteiger partial charge in [0.1, 0.15) is 0 Å². The highest BCUT2D eigenvalue weighted by molar-refractivity contribution is 7.99. The van der Waals surface area contributed by atoms with Crippen LogP contribution < -0.4 is 0 Å². The van der Waals surface area contributed by atoms with Crippen LogP contribution in [0.1, 0.15) is 41.5 Å². The summed E-state index contributed by atoms with van der Waals surface area (Å²) in [7, 11) is 0. The van der Waals surface area contributed by atoms with Gasteiger partial charge in [-0.3, -0.25) is 9.59 Å². The topological polar surface area (TPSA) is 34.1 Å². The molecule has 0 atom stereocenters. The van der Waals surface area contributed by atoms with E-state index in [2.05, 4.69) is 0 Å². The molecular weight excluding hydrogens is 232 g/mol. The Bertz CT molecular complexity index is 430. The van der Waals surface area contributed by atoms with Gasteiger partial charge in [-0.05, 0) is 12.3 Å². The molecule has 1 aromatic carbocycles. The summed E-state index contributed by atoms with van der Waals surface area (Å²) in [6.45, 7) is 5.64. The van der Waals surface area contributed by atoms with E-state index in [4.69, 9.17) is 0 Å². The highest BCUT2D eigenvalue weighted by atomic mass is 32.2. The first-order valence-corrected chi connectivity index (χ1v) is 6.92. The molecule has 1 aromatic rings. The van der Waals surface area contributed by atoms with Crippen LogP contribution >= 0.6 is 11.8 Å². The summed E-state index contributed by atoms with van der Waals surface area (Å²) in [5.41, 5.74) is 0.820. The first-order valence-electron chi connectivity index (χ1n) is 5.53. The summed E-state index contributed by atoms with van der Waals surface area (Å²) in [6.07, 6.45) is 1.89. The fourth-order valence-electron chi connectivity index (χ4n) is 1.48. The smallest absolute Gasteiger partial charge is 0.172 e. The van der Waals surface area contributed by atoms with E-state index in [0.29, 0.717) is 16.9 Å². The fraction of sp³-hybridized carbons (Fsp3) is 0.429. The van der Waals surface area contributed by atoms with Crippen LogP contribution in [0, 0.1) is 5.41 Å². The maximum absolute atomic E-state index is 12.1. The van der Waals surface area contributed by atoms with Crippen LogP contribution in [-0.4, -0.2) is 23.6 Å². The van der Waals surface area contributed by atoms with Gasteiger partial charge in [0.05, 0.1) is 5.75 Å². The Hall–Kier alpha value is -1.09. The van der Waals surface area contributed by atoms with Gasteiger partial charge in [0, 0.05) is 16.5 Å². The molecule has 0 fully saturated rings. The zero-order valence-corrected chi connectivity index (χ0v) is 11.6. The molecule has 0 aliphatic heterocycles. The molecule has 0 amide bonds. The predicted octanol–water partition coefficient (Wildman–Crippen LogP) is 3.46. The second-order valence-electron chi connectivity index (χ2n) is 5.02. The van der Waals surface area contributed by atoms with E-state index in [9.17, 15) is 9.59 Å². The molecule has 0 aliphatic carbocycles. The van der Waals surface area contributed by atoms with Gasteiger partial charge in [0.25, 0.3) is 0 Å². The van der Waals surface area contributed by atoms with E-state index in [0.717, 1.165) is 0 Å². The average Bonchev–Trinajstić information content (AvgIpc) is 2.27. The highest BCUT2D eigenvalue weighted by Gasteiger charge is 2.23. The molecule has 3 heteroatoms. The molecule has 0 saturated carbocycles. The van der Waals surface area contributed by atoms with Crippen molar-refractivity contribution >= 4 is 23.3 Å². The van der Waals surface area contributed by atoms with Gasteiger partial charge >= 0.3 is 0 Å². The lowest BCUT2D eigenvalue weighted by Gasteiger charge is -2.16. The van der Waals surface area contributed by atoms with Crippen LogP contribution in [0.4, 0.5) is 0 Å². The molecule has 0 aromatic heterocycles. The molecule has 2 nitrogen and oxygen atoms in total. The molecule has 0 spiro atoms. The third-order valence-electron chi connectivity index (χ3n) is 2.40. The van der Waals surface area contributed by atoms with Crippen LogP contribution in [0.3, 0.4) is 0 Å². The Balaban J connectivity index is 3.02. The summed E-state index contributed by atoms with van der Waals surface area (Å²) < 4.78 is 0. The van der Waals surface area contributed by atoms with E-state index in [1.54, 1.807) is 24.3 Å². The third-order valence-corrected chi connectivity index (χ3v) is 2.95. The highest BCUT2D eigenvalue weighted by Crippen LogP contribution is 2.21. The second-order valence-corrected chi connectivity index (χ2v) is 5.88. The van der Waals surface area contributed by atoms with Crippen molar-refractivity contribution in [3.63, 3.8) is 0 Å². The van der Waals surface area contributed by atoms with E-state index >= 15 is 0 Å². The van der Waals surface area contributed by atoms with Gasteiger partial charge in [-0.15, -0.1) is 0 Å². The summed E-state index contributed by atoms with van der Waals surface area (Å²) in [6, 6.07) is 7.00. The number of thioether (sulfide) groups is 1. The number of carbonyl (C=O) groups excluding carboxylic acids is 2. The molecule has 0 bridgehead atoms. The van der Waals surface area contributed by atoms with Crippen molar-refractivity contribution in [2.75, 3.05) is 12.0 Å². The van der Waals surface area contributed by atoms with Crippen molar-refractivity contribution in [1.82, 2.24) is 0 Å². The largest absolute Gasteiger partial charge is 0.294 e. The summed E-state index contributed by atoms with van der Waals surface area (Å²) in [4.78, 5) is 23.8. The third kappa shape index (κ3) is 3.70. The lowest BCUT2D eigenvalue weighted by atomic mass is 9.86. The Morgan fingerprint density at radius 2 is 1.76 bits per heavy atom. The summed E-state index contributed by atoms with van der Waals surface area (Å²) in [5, 5.41) is 0. The SMILES string of the molecule is CSCC(=O)c1cccc(C(=O)C(C)(C)C)c1. The number of ketones is 2. The molecule has 0 heterocycles. The maximum Gasteiger partial charge on any atom is 0.172 e. The number of Topliss-reactive ketones (excluding diaryl/α,β-unsaturated/α-hetero) is 2. The molecule has 0 unspecified atom stereocenters. The second kappa shape index (κ2) is 5.50. The zero-order valence-electron chi connectivity index (χ0n) is 10.7. The van der Waals surface area contributed by atoms with Crippen molar-refractivity contribution in [2.45, 2.75) is 20.8 Å². The Morgan fingerprint density at radius 3 is 2.29 bits per heavy atom. The molecule has 17 heavy (non-hydrogen) atoms. The van der Waals surface area contributed by atoms with E-state index in [-0.39, 0.29) is 11.6 Å². The van der Waals surface area contributed by atoms with Crippen molar-refractivity contribution in [3.05, 3.63) is 35.4 Å². The minimum absolute atomic E-state index is 0.0660. The molecule has 0 saturated heterocycles. The number of rotatable bonds is 4. The van der Waals surface area contributed by atoms with Crippen LogP contribution in [0.5, 0.6) is 0 Å². The molecule has 0 aliphatic rings. The van der Waals surface area contributed by atoms with Crippen molar-refractivity contribution < 1.29 is 9.59 Å². The lowest BCUT2D eigenvalue weighted by Crippen LogP contribution is -2.20. The average molecular weight is 250 g/mol. The van der Waals surface area contributed by atoms with E-state index in [1.807, 2.05) is 27.0 Å². The van der Waals surface area contributed by atoms with Gasteiger partial charge in [-0.1, -0.05) is 39.0 Å². The van der Waals surface area contributed by atoms with Crippen molar-refractivity contribution in [2.24, 2.45) is 5.41 Å².